The van der Waals surface area contributed by atoms with E-state index in [4.69, 9.17) is 31.1 Å². The number of amides is 2. The number of nitrogens with two attached hydrogens (primary N) is 1. The number of halogens is 1. The molecule has 1 aliphatic heterocycles. The molecule has 0 radical (unpaired) electrons. The average molecular weight is 932 g/mol. The highest BCUT2D eigenvalue weighted by molar-refractivity contribution is 8.14. The van der Waals surface area contributed by atoms with Gasteiger partial charge in [-0.2, -0.15) is 4.31 Å². The zero-order chi connectivity index (χ0) is 43.8. The van der Waals surface area contributed by atoms with E-state index in [0.717, 1.165) is 34.5 Å². The number of thioether (sulfide) groups is 1. The SMILES string of the molecule is CC(C)(COP(=O)(O)OP(=O)(O)OC[C@H]1O[C@@H](n2cnc3c(N)ncnc32)[C@H](O)[C@@H]1OP(=O)(O)O)[C@@H](O)C(=O)NCCC(=O)NCCSC(=O)/C=C/c1ccc(Cl)cc1. The van der Waals surface area contributed by atoms with Gasteiger partial charge in [-0.05, 0) is 23.8 Å². The molecule has 326 valence electrons. The Kier molecular flexibility index (Phi) is 16.9. The molecule has 3 aromatic rings. The number of imidazole rings is 1. The third kappa shape index (κ3) is 14.7. The van der Waals surface area contributed by atoms with Crippen LogP contribution in [0.3, 0.4) is 0 Å². The summed E-state index contributed by atoms with van der Waals surface area (Å²) >= 11 is 6.81. The van der Waals surface area contributed by atoms with Gasteiger partial charge < -0.3 is 50.9 Å². The minimum absolute atomic E-state index is 0.0263. The summed E-state index contributed by atoms with van der Waals surface area (Å²) in [7, 11) is -16.4. The van der Waals surface area contributed by atoms with Crippen molar-refractivity contribution >= 4 is 86.8 Å². The molecular weight excluding hydrogens is 891 g/mol. The summed E-state index contributed by atoms with van der Waals surface area (Å²) in [5.74, 6) is -1.23. The van der Waals surface area contributed by atoms with E-state index in [9.17, 15) is 57.9 Å². The lowest BCUT2D eigenvalue weighted by molar-refractivity contribution is -0.137. The van der Waals surface area contributed by atoms with Crippen molar-refractivity contribution in [2.75, 3.05) is 37.8 Å². The molecule has 0 saturated carbocycles. The lowest BCUT2D eigenvalue weighted by Crippen LogP contribution is -2.46. The van der Waals surface area contributed by atoms with Crippen LogP contribution < -0.4 is 16.4 Å². The van der Waals surface area contributed by atoms with Crippen molar-refractivity contribution in [3.63, 3.8) is 0 Å². The summed E-state index contributed by atoms with van der Waals surface area (Å²) in [6.07, 6.45) is -3.98. The Morgan fingerprint density at radius 1 is 1.05 bits per heavy atom. The predicted molar refractivity (Wildman–Crippen MR) is 208 cm³/mol. The fourth-order valence-electron chi connectivity index (χ4n) is 5.07. The summed E-state index contributed by atoms with van der Waals surface area (Å²) in [4.78, 5) is 87.8. The number of nitrogen functional groups attached to an aromatic ring is 1. The molecule has 0 aliphatic carbocycles. The molecule has 10 N–H and O–H groups in total. The fraction of sp³-hybridized carbons (Fsp3) is 0.467. The van der Waals surface area contributed by atoms with Crippen LogP contribution in [0.5, 0.6) is 0 Å². The van der Waals surface area contributed by atoms with Gasteiger partial charge in [-0.3, -0.25) is 32.5 Å². The summed E-state index contributed by atoms with van der Waals surface area (Å²) in [5, 5.41) is 26.7. The number of aliphatic hydroxyl groups excluding tert-OH is 2. The molecule has 0 bridgehead atoms. The number of phosphoric acid groups is 3. The van der Waals surface area contributed by atoms with Gasteiger partial charge in [-0.25, -0.2) is 28.6 Å². The molecule has 29 heteroatoms. The third-order valence-corrected chi connectivity index (χ3v) is 12.2. The van der Waals surface area contributed by atoms with Gasteiger partial charge in [0.1, 0.15) is 36.3 Å². The molecule has 7 atom stereocenters. The normalized spacial score (nSPS) is 21.2. The number of phosphoric ester groups is 3. The molecule has 2 aromatic heterocycles. The lowest BCUT2D eigenvalue weighted by Gasteiger charge is -2.30. The summed E-state index contributed by atoms with van der Waals surface area (Å²) in [6, 6.07) is 6.87. The highest BCUT2D eigenvalue weighted by Gasteiger charge is 2.50. The van der Waals surface area contributed by atoms with E-state index in [1.807, 2.05) is 0 Å². The molecule has 4 rings (SSSR count). The van der Waals surface area contributed by atoms with Gasteiger partial charge in [-0.1, -0.05) is 55.4 Å². The number of hydrogen-bond donors (Lipinski definition) is 9. The number of aromatic nitrogens is 4. The zero-order valence-electron chi connectivity index (χ0n) is 30.9. The Morgan fingerprint density at radius 3 is 2.41 bits per heavy atom. The van der Waals surface area contributed by atoms with Crippen LogP contribution >= 0.6 is 46.8 Å². The van der Waals surface area contributed by atoms with E-state index >= 15 is 0 Å². The Balaban J connectivity index is 1.20. The minimum Gasteiger partial charge on any atom is -0.386 e. The second kappa shape index (κ2) is 20.6. The van der Waals surface area contributed by atoms with Crippen molar-refractivity contribution in [1.29, 1.82) is 0 Å². The zero-order valence-corrected chi connectivity index (χ0v) is 35.2. The van der Waals surface area contributed by atoms with Crippen LogP contribution in [0, 0.1) is 5.41 Å². The Bertz CT molecular complexity index is 2140. The van der Waals surface area contributed by atoms with Crippen LogP contribution in [0.25, 0.3) is 17.2 Å². The van der Waals surface area contributed by atoms with E-state index < -0.39 is 84.6 Å². The average Bonchev–Trinajstić information content (AvgIpc) is 3.71. The first kappa shape index (κ1) is 48.5. The van der Waals surface area contributed by atoms with Crippen LogP contribution in [0.1, 0.15) is 32.1 Å². The molecule has 1 fully saturated rings. The highest BCUT2D eigenvalue weighted by atomic mass is 35.5. The second-order valence-corrected chi connectivity index (χ2v) is 18.9. The number of carbonyl (C=O) groups excluding carboxylic acids is 3. The number of aliphatic hydroxyl groups is 2. The van der Waals surface area contributed by atoms with Crippen LogP contribution in [-0.4, -0.2) is 123 Å². The first-order chi connectivity index (χ1) is 27.5. The third-order valence-electron chi connectivity index (χ3n) is 8.03. The quantitative estimate of drug-likeness (QED) is 0.0409. The van der Waals surface area contributed by atoms with Crippen molar-refractivity contribution in [3.05, 3.63) is 53.6 Å². The molecule has 1 saturated heterocycles. The van der Waals surface area contributed by atoms with Gasteiger partial charge in [0.25, 0.3) is 0 Å². The minimum atomic E-state index is -5.58. The van der Waals surface area contributed by atoms with Gasteiger partial charge in [0.15, 0.2) is 17.7 Å². The van der Waals surface area contributed by atoms with Gasteiger partial charge in [0.2, 0.25) is 16.9 Å². The summed E-state index contributed by atoms with van der Waals surface area (Å²) in [6.45, 7) is 0.386. The number of benzene rings is 1. The van der Waals surface area contributed by atoms with E-state index in [0.29, 0.717) is 5.02 Å². The molecule has 0 spiro atoms. The summed E-state index contributed by atoms with van der Waals surface area (Å²) < 4.78 is 62.2. The van der Waals surface area contributed by atoms with Gasteiger partial charge in [0.05, 0.1) is 19.5 Å². The predicted octanol–water partition coefficient (Wildman–Crippen LogP) is 1.03. The molecule has 2 unspecified atom stereocenters. The first-order valence-corrected chi connectivity index (χ1v) is 22.8. The van der Waals surface area contributed by atoms with Crippen molar-refractivity contribution in [3.8, 4) is 0 Å². The first-order valence-electron chi connectivity index (χ1n) is 17.0. The Hall–Kier alpha value is -3.19. The monoisotopic (exact) mass is 931 g/mol. The standard InChI is InChI=1S/C30H41ClN7O17P3S/c1-30(2,25(42)28(43)34-10-9-20(39)33-11-12-59-21(40)8-5-17-3-6-18(31)7-4-17)14-52-58(49,50)55-57(47,48)51-13-19-24(54-56(44,45)46)23(41)29(53-19)38-16-37-22-26(32)35-15-36-27(22)38/h3-8,15-16,19,23-25,29,41-42H,9-14H2,1-2H3,(H,33,39)(H,34,43)(H,47,48)(H,49,50)(H2,32,35,36)(H2,44,45,46)/b8-5+/t19-,23-,24-,25+,29-/m1/s1. The number of rotatable bonds is 21. The topological polar surface area (TPSA) is 364 Å². The lowest BCUT2D eigenvalue weighted by atomic mass is 9.87. The maximum atomic E-state index is 12.7. The van der Waals surface area contributed by atoms with E-state index in [1.165, 1.54) is 19.9 Å². The number of nitrogens with one attached hydrogen (secondary N) is 2. The second-order valence-electron chi connectivity index (χ2n) is 13.1. The van der Waals surface area contributed by atoms with Crippen molar-refractivity contribution < 1.29 is 80.5 Å². The molecule has 59 heavy (non-hydrogen) atoms. The molecular formula is C30H41ClN7O17P3S. The van der Waals surface area contributed by atoms with Crippen molar-refractivity contribution in [1.82, 2.24) is 30.2 Å². The number of ether oxygens (including phenoxy) is 1. The highest BCUT2D eigenvalue weighted by Crippen LogP contribution is 2.61. The van der Waals surface area contributed by atoms with Crippen LogP contribution in [0.4, 0.5) is 5.82 Å². The van der Waals surface area contributed by atoms with Crippen LogP contribution in [0.2, 0.25) is 5.02 Å². The fourth-order valence-corrected chi connectivity index (χ4v) is 8.59. The molecule has 1 aliphatic rings. The maximum Gasteiger partial charge on any atom is 0.481 e. The van der Waals surface area contributed by atoms with Crippen LogP contribution in [0.15, 0.2) is 43.0 Å². The van der Waals surface area contributed by atoms with Crippen molar-refractivity contribution in [2.45, 2.75) is 50.9 Å². The number of hydrogen-bond acceptors (Lipinski definition) is 18. The molecule has 2 amide bonds. The smallest absolute Gasteiger partial charge is 0.386 e. The molecule has 1 aromatic carbocycles. The Morgan fingerprint density at radius 2 is 1.73 bits per heavy atom. The number of carbonyl (C=O) groups is 3. The summed E-state index contributed by atoms with van der Waals surface area (Å²) in [5.41, 5.74) is 5.03. The van der Waals surface area contributed by atoms with Crippen LogP contribution in [-0.2, 0) is 50.7 Å². The number of anilines is 1. The molecule has 3 heterocycles. The molecule has 24 nitrogen and oxygen atoms in total. The maximum absolute atomic E-state index is 12.7. The van der Waals surface area contributed by atoms with E-state index in [-0.39, 0.29) is 47.4 Å². The Labute approximate surface area is 344 Å². The van der Waals surface area contributed by atoms with Gasteiger partial charge in [-0.15, -0.1) is 0 Å². The number of nitrogens with zero attached hydrogens (tertiary/aromatic N) is 4. The number of fused-ring (bicyclic) bond motifs is 1. The largest absolute Gasteiger partial charge is 0.481 e. The van der Waals surface area contributed by atoms with E-state index in [1.54, 1.807) is 30.3 Å². The van der Waals surface area contributed by atoms with E-state index in [2.05, 4.69) is 34.4 Å². The van der Waals surface area contributed by atoms with Gasteiger partial charge >= 0.3 is 23.5 Å². The van der Waals surface area contributed by atoms with Gasteiger partial charge in [0, 0.05) is 35.7 Å². The van der Waals surface area contributed by atoms with Crippen molar-refractivity contribution in [2.24, 2.45) is 5.41 Å².